The van der Waals surface area contributed by atoms with E-state index in [-0.39, 0.29) is 17.8 Å². The third kappa shape index (κ3) is 3.90. The average Bonchev–Trinajstić information content (AvgIpc) is 2.25. The quantitative estimate of drug-likeness (QED) is 0.613. The summed E-state index contributed by atoms with van der Waals surface area (Å²) in [4.78, 5) is 20.3. The van der Waals surface area contributed by atoms with Crippen LogP contribution in [0.15, 0.2) is 24.3 Å². The van der Waals surface area contributed by atoms with Gasteiger partial charge in [0.1, 0.15) is 5.82 Å². The van der Waals surface area contributed by atoms with Gasteiger partial charge in [-0.1, -0.05) is 12.2 Å². The molecule has 1 rings (SSSR count). The van der Waals surface area contributed by atoms with E-state index in [0.717, 1.165) is 12.1 Å². The molecule has 90 valence electrons. The fourth-order valence-electron chi connectivity index (χ4n) is 1.16. The van der Waals surface area contributed by atoms with E-state index in [2.05, 4.69) is 5.32 Å². The number of halogens is 1. The Labute approximate surface area is 96.1 Å². The van der Waals surface area contributed by atoms with E-state index < -0.39 is 16.8 Å². The number of hydrogen-bond acceptors (Lipinski definition) is 3. The summed E-state index contributed by atoms with van der Waals surface area (Å²) in [5, 5.41) is 12.9. The van der Waals surface area contributed by atoms with Crippen LogP contribution in [0.1, 0.15) is 5.56 Å². The number of rotatable bonds is 4. The molecular formula is C10H10FN3O3. The van der Waals surface area contributed by atoms with Gasteiger partial charge in [-0.05, 0) is 12.1 Å². The second-order valence-electron chi connectivity index (χ2n) is 3.11. The molecule has 0 bridgehead atoms. The van der Waals surface area contributed by atoms with Gasteiger partial charge in [0.25, 0.3) is 5.69 Å². The van der Waals surface area contributed by atoms with Crippen molar-refractivity contribution in [2.45, 2.75) is 0 Å². The van der Waals surface area contributed by atoms with Gasteiger partial charge in [0, 0.05) is 6.54 Å². The average molecular weight is 239 g/mol. The predicted molar refractivity (Wildman–Crippen MR) is 59.7 cm³/mol. The highest BCUT2D eigenvalue weighted by molar-refractivity contribution is 5.72. The number of nitrogens with two attached hydrogens (primary N) is 1. The fourth-order valence-corrected chi connectivity index (χ4v) is 1.16. The van der Waals surface area contributed by atoms with E-state index in [1.165, 1.54) is 18.2 Å². The molecule has 0 aliphatic carbocycles. The van der Waals surface area contributed by atoms with Gasteiger partial charge in [-0.15, -0.1) is 0 Å². The standard InChI is InChI=1S/C10H10FN3O3/c11-8-4-3-7(9(6-8)14(16)17)2-1-5-13-10(12)15/h1-4,6H,5H2,(H3,12,13,15)/b2-1+. The number of primary amides is 1. The third-order valence-corrected chi connectivity index (χ3v) is 1.88. The van der Waals surface area contributed by atoms with Crippen LogP contribution in [-0.4, -0.2) is 17.5 Å². The van der Waals surface area contributed by atoms with Crippen LogP contribution in [0.2, 0.25) is 0 Å². The maximum atomic E-state index is 12.8. The van der Waals surface area contributed by atoms with Crippen LogP contribution in [-0.2, 0) is 0 Å². The number of nitro groups is 1. The van der Waals surface area contributed by atoms with Crippen molar-refractivity contribution in [3.05, 3.63) is 45.8 Å². The van der Waals surface area contributed by atoms with Gasteiger partial charge < -0.3 is 11.1 Å². The number of urea groups is 1. The van der Waals surface area contributed by atoms with Gasteiger partial charge in [-0.25, -0.2) is 9.18 Å². The summed E-state index contributed by atoms with van der Waals surface area (Å²) < 4.78 is 12.8. The first-order valence-corrected chi connectivity index (χ1v) is 4.64. The number of nitro benzene ring substituents is 1. The maximum Gasteiger partial charge on any atom is 0.312 e. The highest BCUT2D eigenvalue weighted by Gasteiger charge is 2.12. The van der Waals surface area contributed by atoms with Crippen LogP contribution in [0.25, 0.3) is 6.08 Å². The second-order valence-corrected chi connectivity index (χ2v) is 3.11. The molecule has 0 saturated heterocycles. The highest BCUT2D eigenvalue weighted by Crippen LogP contribution is 2.20. The summed E-state index contributed by atoms with van der Waals surface area (Å²) >= 11 is 0. The number of carbonyl (C=O) groups is 1. The lowest BCUT2D eigenvalue weighted by Gasteiger charge is -1.98. The van der Waals surface area contributed by atoms with Gasteiger partial charge >= 0.3 is 6.03 Å². The lowest BCUT2D eigenvalue weighted by atomic mass is 10.1. The Morgan fingerprint density at radius 2 is 2.29 bits per heavy atom. The molecule has 0 aliphatic rings. The van der Waals surface area contributed by atoms with Crippen molar-refractivity contribution in [2.75, 3.05) is 6.54 Å². The van der Waals surface area contributed by atoms with Crippen LogP contribution in [0, 0.1) is 15.9 Å². The summed E-state index contributed by atoms with van der Waals surface area (Å²) in [7, 11) is 0. The first-order valence-electron chi connectivity index (χ1n) is 4.64. The molecule has 0 atom stereocenters. The van der Waals surface area contributed by atoms with Gasteiger partial charge in [0.15, 0.2) is 0 Å². The molecule has 17 heavy (non-hydrogen) atoms. The molecule has 0 heterocycles. The van der Waals surface area contributed by atoms with Crippen molar-refractivity contribution < 1.29 is 14.1 Å². The zero-order valence-corrected chi connectivity index (χ0v) is 8.72. The van der Waals surface area contributed by atoms with E-state index in [0.29, 0.717) is 0 Å². The number of amides is 2. The van der Waals surface area contributed by atoms with Gasteiger partial charge in [-0.3, -0.25) is 10.1 Å². The Hall–Kier alpha value is -2.44. The fraction of sp³-hybridized carbons (Fsp3) is 0.100. The SMILES string of the molecule is NC(=O)NC/C=C/c1ccc(F)cc1[N+](=O)[O-]. The smallest absolute Gasteiger partial charge is 0.312 e. The summed E-state index contributed by atoms with van der Waals surface area (Å²) in [5.74, 6) is -0.677. The van der Waals surface area contributed by atoms with Crippen molar-refractivity contribution in [3.8, 4) is 0 Å². The summed E-state index contributed by atoms with van der Waals surface area (Å²) in [6.45, 7) is 0.143. The molecule has 0 radical (unpaired) electrons. The van der Waals surface area contributed by atoms with Crippen molar-refractivity contribution in [1.29, 1.82) is 0 Å². The first-order chi connectivity index (χ1) is 8.00. The molecule has 1 aromatic rings. The van der Waals surface area contributed by atoms with E-state index >= 15 is 0 Å². The minimum atomic E-state index is -0.691. The third-order valence-electron chi connectivity index (χ3n) is 1.88. The summed E-state index contributed by atoms with van der Waals surface area (Å²) in [5.41, 5.74) is 4.75. The first kappa shape index (κ1) is 12.6. The number of hydrogen-bond donors (Lipinski definition) is 2. The molecule has 0 aromatic heterocycles. The largest absolute Gasteiger partial charge is 0.352 e. The van der Waals surface area contributed by atoms with Crippen LogP contribution < -0.4 is 11.1 Å². The van der Waals surface area contributed by atoms with Crippen LogP contribution >= 0.6 is 0 Å². The van der Waals surface area contributed by atoms with E-state index in [1.807, 2.05) is 0 Å². The molecule has 0 fully saturated rings. The van der Waals surface area contributed by atoms with E-state index in [4.69, 9.17) is 5.73 Å². The summed E-state index contributed by atoms with van der Waals surface area (Å²) in [6, 6.07) is 2.55. The van der Waals surface area contributed by atoms with Gasteiger partial charge in [-0.2, -0.15) is 0 Å². The molecule has 3 N–H and O–H groups in total. The number of benzene rings is 1. The van der Waals surface area contributed by atoms with Crippen molar-refractivity contribution >= 4 is 17.8 Å². The van der Waals surface area contributed by atoms with Crippen LogP contribution in [0.4, 0.5) is 14.9 Å². The molecule has 7 heteroatoms. The lowest BCUT2D eigenvalue weighted by Crippen LogP contribution is -2.29. The van der Waals surface area contributed by atoms with Crippen molar-refractivity contribution in [1.82, 2.24) is 5.32 Å². The number of carbonyl (C=O) groups excluding carboxylic acids is 1. The lowest BCUT2D eigenvalue weighted by molar-refractivity contribution is -0.385. The summed E-state index contributed by atoms with van der Waals surface area (Å²) in [6.07, 6.45) is 2.89. The monoisotopic (exact) mass is 239 g/mol. The second kappa shape index (κ2) is 5.59. The minimum Gasteiger partial charge on any atom is -0.352 e. The minimum absolute atomic E-state index is 0.143. The Morgan fingerprint density at radius 1 is 1.59 bits per heavy atom. The number of nitrogens with one attached hydrogen (secondary N) is 1. The van der Waals surface area contributed by atoms with E-state index in [1.54, 1.807) is 0 Å². The Balaban J connectivity index is 2.83. The molecule has 0 saturated carbocycles. The topological polar surface area (TPSA) is 98.3 Å². The van der Waals surface area contributed by atoms with Crippen molar-refractivity contribution in [2.24, 2.45) is 5.73 Å². The van der Waals surface area contributed by atoms with Gasteiger partial charge in [0.05, 0.1) is 16.6 Å². The molecule has 0 aliphatic heterocycles. The highest BCUT2D eigenvalue weighted by atomic mass is 19.1. The van der Waals surface area contributed by atoms with Gasteiger partial charge in [0.2, 0.25) is 0 Å². The Kier molecular flexibility index (Phi) is 4.15. The van der Waals surface area contributed by atoms with Crippen LogP contribution in [0.5, 0.6) is 0 Å². The molecular weight excluding hydrogens is 229 g/mol. The maximum absolute atomic E-state index is 12.8. The molecule has 0 spiro atoms. The molecule has 0 unspecified atom stereocenters. The predicted octanol–water partition coefficient (Wildman–Crippen LogP) is 1.42. The number of nitrogens with zero attached hydrogens (tertiary/aromatic N) is 1. The van der Waals surface area contributed by atoms with Crippen LogP contribution in [0.3, 0.4) is 0 Å². The molecule has 2 amide bonds. The normalized spacial score (nSPS) is 10.4. The molecule has 6 nitrogen and oxygen atoms in total. The van der Waals surface area contributed by atoms with Crippen molar-refractivity contribution in [3.63, 3.8) is 0 Å². The molecule has 1 aromatic carbocycles. The van der Waals surface area contributed by atoms with E-state index in [9.17, 15) is 19.3 Å². The Bertz CT molecular complexity index is 474. The zero-order valence-electron chi connectivity index (χ0n) is 8.72. The Morgan fingerprint density at radius 3 is 2.88 bits per heavy atom. The zero-order chi connectivity index (χ0) is 12.8.